The van der Waals surface area contributed by atoms with E-state index in [1.165, 1.54) is 0 Å². The molecule has 0 bridgehead atoms. The van der Waals surface area contributed by atoms with E-state index in [0.29, 0.717) is 33.8 Å². The third-order valence-corrected chi connectivity index (χ3v) is 6.49. The van der Waals surface area contributed by atoms with Crippen molar-refractivity contribution < 1.29 is 4.79 Å². The van der Waals surface area contributed by atoms with Crippen molar-refractivity contribution in [3.63, 3.8) is 0 Å². The fourth-order valence-electron chi connectivity index (χ4n) is 4.44. The number of amides is 1. The van der Waals surface area contributed by atoms with Gasteiger partial charge in [-0.25, -0.2) is 15.0 Å². The van der Waals surface area contributed by atoms with Gasteiger partial charge in [-0.3, -0.25) is 14.9 Å². The molecule has 5 aromatic rings. The Morgan fingerprint density at radius 2 is 1.94 bits per heavy atom. The van der Waals surface area contributed by atoms with Gasteiger partial charge in [0.25, 0.3) is 5.91 Å². The zero-order chi connectivity index (χ0) is 24.6. The molecule has 0 spiro atoms. The maximum absolute atomic E-state index is 13.1. The molecule has 3 N–H and O–H groups in total. The molecule has 1 amide bonds. The fraction of sp³-hybridized carbons (Fsp3) is 0.231. The van der Waals surface area contributed by atoms with E-state index in [4.69, 9.17) is 4.98 Å². The van der Waals surface area contributed by atoms with Gasteiger partial charge in [0.05, 0.1) is 22.7 Å². The Balaban J connectivity index is 1.36. The summed E-state index contributed by atoms with van der Waals surface area (Å²) in [5.41, 5.74) is 5.81. The van der Waals surface area contributed by atoms with Crippen molar-refractivity contribution in [2.75, 3.05) is 18.4 Å². The Labute approximate surface area is 206 Å². The van der Waals surface area contributed by atoms with Gasteiger partial charge in [0, 0.05) is 48.5 Å². The number of H-pyrrole nitrogens is 2. The zero-order valence-electron chi connectivity index (χ0n) is 19.9. The third-order valence-electron chi connectivity index (χ3n) is 6.49. The van der Waals surface area contributed by atoms with E-state index in [2.05, 4.69) is 42.0 Å². The van der Waals surface area contributed by atoms with Crippen LogP contribution in [0.25, 0.3) is 44.7 Å². The quantitative estimate of drug-likeness (QED) is 0.326. The first kappa shape index (κ1) is 21.9. The van der Waals surface area contributed by atoms with Crippen molar-refractivity contribution in [3.8, 4) is 22.6 Å². The summed E-state index contributed by atoms with van der Waals surface area (Å²) in [5, 5.41) is 11.4. The third kappa shape index (κ3) is 3.86. The van der Waals surface area contributed by atoms with E-state index in [9.17, 15) is 4.79 Å². The van der Waals surface area contributed by atoms with Crippen LogP contribution in [0.5, 0.6) is 0 Å². The van der Waals surface area contributed by atoms with E-state index < -0.39 is 0 Å². The number of allylic oxidation sites excluding steroid dienone is 1. The van der Waals surface area contributed by atoms with E-state index in [0.717, 1.165) is 60.4 Å². The van der Waals surface area contributed by atoms with Crippen LogP contribution in [0.4, 0.5) is 5.82 Å². The first-order valence-corrected chi connectivity index (χ1v) is 12.0. The molecule has 6 heterocycles. The summed E-state index contributed by atoms with van der Waals surface area (Å²) in [6, 6.07) is 5.92. The summed E-state index contributed by atoms with van der Waals surface area (Å²) in [4.78, 5) is 36.3. The molecule has 180 valence electrons. The topological polar surface area (TPSA) is 128 Å². The van der Waals surface area contributed by atoms with E-state index in [1.54, 1.807) is 24.8 Å². The normalized spacial score (nSPS) is 13.5. The molecule has 36 heavy (non-hydrogen) atoms. The van der Waals surface area contributed by atoms with Gasteiger partial charge in [0.15, 0.2) is 11.5 Å². The van der Waals surface area contributed by atoms with Crippen LogP contribution in [0.1, 0.15) is 36.5 Å². The Morgan fingerprint density at radius 3 is 2.72 bits per heavy atom. The first-order valence-electron chi connectivity index (χ1n) is 12.0. The number of imidazole rings is 1. The van der Waals surface area contributed by atoms with E-state index >= 15 is 0 Å². The van der Waals surface area contributed by atoms with Crippen LogP contribution in [0, 0.1) is 0 Å². The summed E-state index contributed by atoms with van der Waals surface area (Å²) < 4.78 is 0. The molecule has 1 saturated heterocycles. The Hall–Kier alpha value is -4.60. The van der Waals surface area contributed by atoms with Gasteiger partial charge >= 0.3 is 0 Å². The molecule has 1 fully saturated rings. The van der Waals surface area contributed by atoms with Crippen LogP contribution in [0.15, 0.2) is 55.3 Å². The first-order chi connectivity index (χ1) is 17.6. The number of aromatic nitrogens is 7. The van der Waals surface area contributed by atoms with Crippen molar-refractivity contribution in [3.05, 3.63) is 60.8 Å². The molecule has 10 heteroatoms. The molecule has 0 aromatic carbocycles. The fourth-order valence-corrected chi connectivity index (χ4v) is 4.44. The molecule has 5 aromatic heterocycles. The zero-order valence-corrected chi connectivity index (χ0v) is 19.9. The summed E-state index contributed by atoms with van der Waals surface area (Å²) in [6.07, 6.45) is 9.74. The van der Waals surface area contributed by atoms with Gasteiger partial charge in [-0.05, 0) is 37.5 Å². The highest BCUT2D eigenvalue weighted by molar-refractivity contribution is 6.05. The number of pyridine rings is 3. The summed E-state index contributed by atoms with van der Waals surface area (Å²) in [6.45, 7) is 7.54. The van der Waals surface area contributed by atoms with Crippen molar-refractivity contribution in [2.45, 2.75) is 26.2 Å². The van der Waals surface area contributed by atoms with Gasteiger partial charge in [-0.15, -0.1) is 0 Å². The van der Waals surface area contributed by atoms with Gasteiger partial charge in [-0.1, -0.05) is 13.5 Å². The largest absolute Gasteiger partial charge is 0.344 e. The van der Waals surface area contributed by atoms with Crippen molar-refractivity contribution in [1.82, 2.24) is 40.0 Å². The number of likely N-dealkylation sites (tertiary alicyclic amines) is 1. The lowest BCUT2D eigenvalue weighted by atomic mass is 10.1. The van der Waals surface area contributed by atoms with Gasteiger partial charge in [0.2, 0.25) is 0 Å². The maximum Gasteiger partial charge on any atom is 0.257 e. The highest BCUT2D eigenvalue weighted by atomic mass is 16.2. The minimum absolute atomic E-state index is 0.0324. The number of rotatable bonds is 6. The number of anilines is 1. The minimum Gasteiger partial charge on any atom is -0.344 e. The van der Waals surface area contributed by atoms with Crippen LogP contribution in [-0.2, 0) is 0 Å². The predicted octanol–water partition coefficient (Wildman–Crippen LogP) is 4.53. The highest BCUT2D eigenvalue weighted by Crippen LogP contribution is 2.30. The second-order valence-corrected chi connectivity index (χ2v) is 8.88. The SMILES string of the molecule is C=C(CC)Nc1ccc(-c2cnc3n[nH]c(-c4nc5c(C(=O)N6CCCC6)cncc5[nH]4)c3c2)cn1. The van der Waals surface area contributed by atoms with Crippen LogP contribution < -0.4 is 5.32 Å². The molecular formula is C26H25N9O. The average molecular weight is 480 g/mol. The molecule has 10 nitrogen and oxygen atoms in total. The van der Waals surface area contributed by atoms with E-state index in [-0.39, 0.29) is 5.91 Å². The number of carbonyl (C=O) groups excluding carboxylic acids is 1. The smallest absolute Gasteiger partial charge is 0.257 e. The van der Waals surface area contributed by atoms with Crippen molar-refractivity contribution in [1.29, 1.82) is 0 Å². The monoisotopic (exact) mass is 479 g/mol. The van der Waals surface area contributed by atoms with Crippen LogP contribution in [0.2, 0.25) is 0 Å². The molecule has 0 atom stereocenters. The second kappa shape index (κ2) is 8.88. The molecule has 1 aliphatic rings. The summed E-state index contributed by atoms with van der Waals surface area (Å²) in [7, 11) is 0. The second-order valence-electron chi connectivity index (χ2n) is 8.88. The van der Waals surface area contributed by atoms with Gasteiger partial charge in [-0.2, -0.15) is 5.10 Å². The van der Waals surface area contributed by atoms with Crippen molar-refractivity contribution in [2.24, 2.45) is 0 Å². The molecule has 0 aliphatic carbocycles. The van der Waals surface area contributed by atoms with Crippen LogP contribution >= 0.6 is 0 Å². The van der Waals surface area contributed by atoms with Gasteiger partial charge < -0.3 is 15.2 Å². The number of aromatic amines is 2. The average Bonchev–Trinajstić information content (AvgIpc) is 3.67. The Morgan fingerprint density at radius 1 is 1.11 bits per heavy atom. The molecule has 0 unspecified atom stereocenters. The lowest BCUT2D eigenvalue weighted by molar-refractivity contribution is 0.0794. The van der Waals surface area contributed by atoms with E-state index in [1.807, 2.05) is 30.0 Å². The summed E-state index contributed by atoms with van der Waals surface area (Å²) >= 11 is 0. The van der Waals surface area contributed by atoms with Crippen molar-refractivity contribution >= 4 is 33.8 Å². The summed E-state index contributed by atoms with van der Waals surface area (Å²) in [5.74, 6) is 1.29. The number of hydrogen-bond acceptors (Lipinski definition) is 7. The number of nitrogens with zero attached hydrogens (tertiary/aromatic N) is 6. The molecule has 6 rings (SSSR count). The highest BCUT2D eigenvalue weighted by Gasteiger charge is 2.24. The molecule has 0 radical (unpaired) electrons. The minimum atomic E-state index is -0.0324. The number of carbonyl (C=O) groups is 1. The molecule has 1 aliphatic heterocycles. The van der Waals surface area contributed by atoms with Crippen LogP contribution in [-0.4, -0.2) is 59.0 Å². The standard InChI is InChI=1S/C26H25N9O/c1-3-15(2)30-21-7-6-16(11-28-21)17-10-18-23(33-34-24(18)29-12-17)25-31-20-14-27-13-19(22(20)32-25)26(36)35-8-4-5-9-35/h6-7,10-14H,2-5,8-9H2,1H3,(H,28,30)(H,31,32)(H,29,33,34). The Bertz CT molecular complexity index is 1590. The number of nitrogens with one attached hydrogen (secondary N) is 3. The maximum atomic E-state index is 13.1. The lowest BCUT2D eigenvalue weighted by Gasteiger charge is -2.14. The lowest BCUT2D eigenvalue weighted by Crippen LogP contribution is -2.27. The number of hydrogen-bond donors (Lipinski definition) is 3. The molecule has 0 saturated carbocycles. The van der Waals surface area contributed by atoms with Gasteiger partial charge in [0.1, 0.15) is 17.0 Å². The van der Waals surface area contributed by atoms with Crippen LogP contribution in [0.3, 0.4) is 0 Å². The molecular weight excluding hydrogens is 454 g/mol. The Kier molecular flexibility index (Phi) is 5.40. The predicted molar refractivity (Wildman–Crippen MR) is 138 cm³/mol. The number of fused-ring (bicyclic) bond motifs is 2.